The van der Waals surface area contributed by atoms with Crippen LogP contribution in [0, 0.1) is 24.7 Å². The highest BCUT2D eigenvalue weighted by atomic mass is 15.3. The lowest BCUT2D eigenvalue weighted by Crippen LogP contribution is -2.48. The zero-order valence-electron chi connectivity index (χ0n) is 13.0. The highest BCUT2D eigenvalue weighted by Crippen LogP contribution is 2.43. The zero-order chi connectivity index (χ0) is 14.2. The number of piperazine rings is 1. The van der Waals surface area contributed by atoms with Gasteiger partial charge in [-0.25, -0.2) is 0 Å². The molecule has 2 aliphatic carbocycles. The van der Waals surface area contributed by atoms with Gasteiger partial charge in [0.2, 0.25) is 0 Å². The van der Waals surface area contributed by atoms with Gasteiger partial charge in [0.05, 0.1) is 0 Å². The summed E-state index contributed by atoms with van der Waals surface area (Å²) in [4.78, 5) is 5.24. The highest BCUT2D eigenvalue weighted by Gasteiger charge is 2.36. The van der Waals surface area contributed by atoms with Crippen molar-refractivity contribution in [3.63, 3.8) is 0 Å². The Kier molecular flexibility index (Phi) is 3.50. The molecule has 4 rings (SSSR count). The minimum Gasteiger partial charge on any atom is -0.369 e. The largest absolute Gasteiger partial charge is 0.369 e. The Morgan fingerprint density at radius 3 is 2.33 bits per heavy atom. The standard InChI is InChI=1S/C19H26N2/c1-15-2-6-19(7-3-15)21-10-8-20(9-11-21)14-18-13-16-4-5-17(18)12-16/h2-7,16-18H,8-14H2,1H3. The van der Waals surface area contributed by atoms with Crippen LogP contribution in [0.4, 0.5) is 5.69 Å². The Morgan fingerprint density at radius 2 is 1.71 bits per heavy atom. The van der Waals surface area contributed by atoms with Crippen LogP contribution in [-0.4, -0.2) is 37.6 Å². The third kappa shape index (κ3) is 2.74. The number of aryl methyl sites for hydroxylation is 1. The van der Waals surface area contributed by atoms with E-state index >= 15 is 0 Å². The van der Waals surface area contributed by atoms with Crippen molar-refractivity contribution in [1.29, 1.82) is 0 Å². The summed E-state index contributed by atoms with van der Waals surface area (Å²) in [5.74, 6) is 2.74. The van der Waals surface area contributed by atoms with Gasteiger partial charge in [0, 0.05) is 38.4 Å². The molecule has 3 unspecified atom stereocenters. The van der Waals surface area contributed by atoms with Gasteiger partial charge in [-0.2, -0.15) is 0 Å². The Morgan fingerprint density at radius 1 is 0.952 bits per heavy atom. The van der Waals surface area contributed by atoms with E-state index in [0.29, 0.717) is 0 Å². The monoisotopic (exact) mass is 282 g/mol. The number of allylic oxidation sites excluding steroid dienone is 2. The summed E-state index contributed by atoms with van der Waals surface area (Å²) >= 11 is 0. The lowest BCUT2D eigenvalue weighted by molar-refractivity contribution is 0.204. The smallest absolute Gasteiger partial charge is 0.0367 e. The van der Waals surface area contributed by atoms with Crippen LogP contribution in [0.2, 0.25) is 0 Å². The van der Waals surface area contributed by atoms with Gasteiger partial charge in [0.25, 0.3) is 0 Å². The van der Waals surface area contributed by atoms with Crippen LogP contribution in [0.1, 0.15) is 18.4 Å². The molecule has 2 nitrogen and oxygen atoms in total. The van der Waals surface area contributed by atoms with Crippen molar-refractivity contribution in [2.75, 3.05) is 37.6 Å². The summed E-state index contributed by atoms with van der Waals surface area (Å²) in [6, 6.07) is 8.99. The third-order valence-electron chi connectivity index (χ3n) is 5.68. The maximum atomic E-state index is 2.70. The molecule has 0 spiro atoms. The number of fused-ring (bicyclic) bond motifs is 2. The molecule has 3 aliphatic rings. The number of benzene rings is 1. The molecule has 21 heavy (non-hydrogen) atoms. The van der Waals surface area contributed by atoms with E-state index in [4.69, 9.17) is 0 Å². The fraction of sp³-hybridized carbons (Fsp3) is 0.579. The van der Waals surface area contributed by atoms with Crippen LogP contribution in [0.25, 0.3) is 0 Å². The highest BCUT2D eigenvalue weighted by molar-refractivity contribution is 5.47. The molecule has 2 fully saturated rings. The van der Waals surface area contributed by atoms with Gasteiger partial charge in [-0.05, 0) is 49.7 Å². The van der Waals surface area contributed by atoms with Gasteiger partial charge < -0.3 is 4.90 Å². The van der Waals surface area contributed by atoms with E-state index < -0.39 is 0 Å². The zero-order valence-corrected chi connectivity index (χ0v) is 13.0. The van der Waals surface area contributed by atoms with Gasteiger partial charge >= 0.3 is 0 Å². The minimum absolute atomic E-state index is 0.894. The van der Waals surface area contributed by atoms with Crippen molar-refractivity contribution >= 4 is 5.69 Å². The molecule has 0 aromatic heterocycles. The first-order valence-corrected chi connectivity index (χ1v) is 8.50. The van der Waals surface area contributed by atoms with E-state index in [2.05, 4.69) is 53.1 Å². The molecular formula is C19H26N2. The molecular weight excluding hydrogens is 256 g/mol. The Balaban J connectivity index is 1.30. The molecule has 1 heterocycles. The molecule has 1 saturated carbocycles. The van der Waals surface area contributed by atoms with Crippen LogP contribution >= 0.6 is 0 Å². The number of hydrogen-bond donors (Lipinski definition) is 0. The molecule has 1 aromatic rings. The first-order chi connectivity index (χ1) is 10.3. The van der Waals surface area contributed by atoms with E-state index in [9.17, 15) is 0 Å². The quantitative estimate of drug-likeness (QED) is 0.785. The summed E-state index contributed by atoms with van der Waals surface area (Å²) in [6.45, 7) is 8.30. The van der Waals surface area contributed by atoms with E-state index in [1.54, 1.807) is 0 Å². The van der Waals surface area contributed by atoms with Crippen molar-refractivity contribution in [3.8, 4) is 0 Å². The van der Waals surface area contributed by atoms with Crippen molar-refractivity contribution in [1.82, 2.24) is 4.90 Å². The first kappa shape index (κ1) is 13.4. The average molecular weight is 282 g/mol. The molecule has 1 aromatic carbocycles. The van der Waals surface area contributed by atoms with Gasteiger partial charge in [-0.1, -0.05) is 29.8 Å². The summed E-state index contributed by atoms with van der Waals surface area (Å²) in [7, 11) is 0. The molecule has 1 saturated heterocycles. The van der Waals surface area contributed by atoms with E-state index in [-0.39, 0.29) is 0 Å². The minimum atomic E-state index is 0.894. The molecule has 0 N–H and O–H groups in total. The molecule has 0 radical (unpaired) electrons. The summed E-state index contributed by atoms with van der Waals surface area (Å²) < 4.78 is 0. The normalized spacial score (nSPS) is 32.0. The third-order valence-corrected chi connectivity index (χ3v) is 5.68. The van der Waals surface area contributed by atoms with Crippen LogP contribution in [0.3, 0.4) is 0 Å². The lowest BCUT2D eigenvalue weighted by Gasteiger charge is -2.38. The van der Waals surface area contributed by atoms with Crippen LogP contribution in [0.5, 0.6) is 0 Å². The van der Waals surface area contributed by atoms with Crippen molar-refractivity contribution < 1.29 is 0 Å². The number of anilines is 1. The molecule has 2 bridgehead atoms. The van der Waals surface area contributed by atoms with Crippen LogP contribution in [0.15, 0.2) is 36.4 Å². The number of nitrogens with zero attached hydrogens (tertiary/aromatic N) is 2. The predicted octanol–water partition coefficient (Wildman–Crippen LogP) is 3.33. The maximum Gasteiger partial charge on any atom is 0.0367 e. The summed E-state index contributed by atoms with van der Waals surface area (Å²) in [5.41, 5.74) is 2.74. The van der Waals surface area contributed by atoms with Crippen LogP contribution in [-0.2, 0) is 0 Å². The fourth-order valence-electron chi connectivity index (χ4n) is 4.38. The molecule has 2 heteroatoms. The Hall–Kier alpha value is -1.28. The fourth-order valence-corrected chi connectivity index (χ4v) is 4.38. The van der Waals surface area contributed by atoms with Crippen molar-refractivity contribution in [3.05, 3.63) is 42.0 Å². The van der Waals surface area contributed by atoms with Crippen molar-refractivity contribution in [2.45, 2.75) is 19.8 Å². The van der Waals surface area contributed by atoms with Gasteiger partial charge in [0.15, 0.2) is 0 Å². The van der Waals surface area contributed by atoms with Crippen LogP contribution < -0.4 is 4.90 Å². The van der Waals surface area contributed by atoms with E-state index in [1.807, 2.05) is 0 Å². The first-order valence-electron chi connectivity index (χ1n) is 8.50. The molecule has 0 amide bonds. The lowest BCUT2D eigenvalue weighted by atomic mass is 9.93. The SMILES string of the molecule is Cc1ccc(N2CCN(CC3CC4C=CC3C4)CC2)cc1. The predicted molar refractivity (Wildman–Crippen MR) is 88.7 cm³/mol. The number of rotatable bonds is 3. The van der Waals surface area contributed by atoms with Crippen molar-refractivity contribution in [2.24, 2.45) is 17.8 Å². The average Bonchev–Trinajstić information content (AvgIpc) is 3.12. The Labute approximate surface area is 128 Å². The summed E-state index contributed by atoms with van der Waals surface area (Å²) in [6.07, 6.45) is 7.82. The maximum absolute atomic E-state index is 2.70. The number of hydrogen-bond acceptors (Lipinski definition) is 2. The van der Waals surface area contributed by atoms with Gasteiger partial charge in [0.1, 0.15) is 0 Å². The molecule has 1 aliphatic heterocycles. The van der Waals surface area contributed by atoms with E-state index in [0.717, 1.165) is 17.8 Å². The second kappa shape index (κ2) is 5.49. The molecule has 112 valence electrons. The van der Waals surface area contributed by atoms with E-state index in [1.165, 1.54) is 56.8 Å². The topological polar surface area (TPSA) is 6.48 Å². The second-order valence-corrected chi connectivity index (χ2v) is 7.16. The summed E-state index contributed by atoms with van der Waals surface area (Å²) in [5, 5.41) is 0. The molecule has 3 atom stereocenters. The van der Waals surface area contributed by atoms with Gasteiger partial charge in [-0.15, -0.1) is 0 Å². The Bertz CT molecular complexity index is 511. The second-order valence-electron chi connectivity index (χ2n) is 7.16. The van der Waals surface area contributed by atoms with Gasteiger partial charge in [-0.3, -0.25) is 4.90 Å².